The number of thioether (sulfide) groups is 1. The Hall–Kier alpha value is -3.00. The van der Waals surface area contributed by atoms with E-state index in [9.17, 15) is 4.39 Å². The molecule has 5 rings (SSSR count). The molecule has 1 aliphatic rings. The first kappa shape index (κ1) is 21.8. The van der Waals surface area contributed by atoms with Crippen LogP contribution in [0.2, 0.25) is 0 Å². The molecule has 4 aromatic rings. The molecule has 8 heteroatoms. The second-order valence-corrected chi connectivity index (χ2v) is 9.60. The Morgan fingerprint density at radius 3 is 2.42 bits per heavy atom. The molecule has 0 amide bonds. The van der Waals surface area contributed by atoms with Crippen molar-refractivity contribution in [3.05, 3.63) is 60.4 Å². The number of anilines is 1. The zero-order valence-electron chi connectivity index (χ0n) is 19.1. The molecule has 6 nitrogen and oxygen atoms in total. The maximum absolute atomic E-state index is 14.2. The van der Waals surface area contributed by atoms with Gasteiger partial charge in [-0.2, -0.15) is 5.10 Å². The van der Waals surface area contributed by atoms with Crippen LogP contribution < -0.4 is 4.90 Å². The fourth-order valence-electron chi connectivity index (χ4n) is 4.32. The van der Waals surface area contributed by atoms with Gasteiger partial charge in [0.1, 0.15) is 5.82 Å². The molecule has 0 saturated carbocycles. The Kier molecular flexibility index (Phi) is 6.01. The number of piperidine rings is 1. The molecule has 1 aromatic carbocycles. The molecule has 0 radical (unpaired) electrons. The van der Waals surface area contributed by atoms with Gasteiger partial charge in [-0.25, -0.2) is 14.4 Å². The van der Waals surface area contributed by atoms with Gasteiger partial charge in [0.05, 0.1) is 29.6 Å². The average molecular weight is 463 g/mol. The number of hydrogen-bond acceptors (Lipinski definition) is 6. The SMILES string of the molecule is CSc1ccc(-c2cc3cnn(C4CCN(c5ncc(C(C)C)cn5)CC4)c3cn2)cc1F. The highest BCUT2D eigenvalue weighted by Crippen LogP contribution is 2.30. The van der Waals surface area contributed by atoms with Gasteiger partial charge in [-0.3, -0.25) is 9.67 Å². The van der Waals surface area contributed by atoms with Gasteiger partial charge in [-0.15, -0.1) is 11.8 Å². The predicted octanol–water partition coefficient (Wildman–Crippen LogP) is 5.71. The van der Waals surface area contributed by atoms with Crippen LogP contribution in [0.15, 0.2) is 53.9 Å². The van der Waals surface area contributed by atoms with E-state index in [-0.39, 0.29) is 5.82 Å². The van der Waals surface area contributed by atoms with Crippen LogP contribution >= 0.6 is 11.8 Å². The Labute approximate surface area is 197 Å². The summed E-state index contributed by atoms with van der Waals surface area (Å²) in [5, 5.41) is 5.69. The Bertz CT molecular complexity index is 1260. The Morgan fingerprint density at radius 2 is 1.76 bits per heavy atom. The molecule has 170 valence electrons. The third-order valence-corrected chi connectivity index (χ3v) is 7.12. The van der Waals surface area contributed by atoms with Crippen molar-refractivity contribution in [2.24, 2.45) is 0 Å². The van der Waals surface area contributed by atoms with E-state index in [0.717, 1.165) is 59.6 Å². The lowest BCUT2D eigenvalue weighted by Crippen LogP contribution is -2.36. The predicted molar refractivity (Wildman–Crippen MR) is 131 cm³/mol. The summed E-state index contributed by atoms with van der Waals surface area (Å²) in [7, 11) is 0. The van der Waals surface area contributed by atoms with Gasteiger partial charge in [0.15, 0.2) is 0 Å². The smallest absolute Gasteiger partial charge is 0.225 e. The molecule has 1 saturated heterocycles. The van der Waals surface area contributed by atoms with E-state index in [1.165, 1.54) is 11.8 Å². The molecule has 0 atom stereocenters. The van der Waals surface area contributed by atoms with Gasteiger partial charge in [0.2, 0.25) is 5.95 Å². The van der Waals surface area contributed by atoms with Crippen molar-refractivity contribution in [1.82, 2.24) is 24.7 Å². The number of hydrogen-bond donors (Lipinski definition) is 0. The van der Waals surface area contributed by atoms with Crippen molar-refractivity contribution in [2.75, 3.05) is 24.2 Å². The minimum Gasteiger partial charge on any atom is -0.341 e. The van der Waals surface area contributed by atoms with Gasteiger partial charge in [-0.05, 0) is 48.8 Å². The minimum absolute atomic E-state index is 0.216. The summed E-state index contributed by atoms with van der Waals surface area (Å²) in [5.41, 5.74) is 3.70. The van der Waals surface area contributed by atoms with Crippen LogP contribution in [0.1, 0.15) is 44.2 Å². The number of fused-ring (bicyclic) bond motifs is 1. The van der Waals surface area contributed by atoms with E-state index in [1.807, 2.05) is 43.2 Å². The van der Waals surface area contributed by atoms with Gasteiger partial charge in [0.25, 0.3) is 0 Å². The summed E-state index contributed by atoms with van der Waals surface area (Å²) in [4.78, 5) is 16.6. The molecule has 33 heavy (non-hydrogen) atoms. The van der Waals surface area contributed by atoms with Crippen molar-refractivity contribution < 1.29 is 4.39 Å². The minimum atomic E-state index is -0.216. The van der Waals surface area contributed by atoms with Crippen LogP contribution in [0, 0.1) is 5.82 Å². The lowest BCUT2D eigenvalue weighted by atomic mass is 10.0. The van der Waals surface area contributed by atoms with Crippen molar-refractivity contribution in [3.8, 4) is 11.3 Å². The molecule has 0 bridgehead atoms. The molecule has 1 fully saturated rings. The van der Waals surface area contributed by atoms with E-state index in [2.05, 4.69) is 43.5 Å². The first-order valence-electron chi connectivity index (χ1n) is 11.3. The number of nitrogens with zero attached hydrogens (tertiary/aromatic N) is 6. The van der Waals surface area contributed by atoms with Crippen LogP contribution in [-0.4, -0.2) is 44.1 Å². The normalized spacial score (nSPS) is 15.0. The topological polar surface area (TPSA) is 59.7 Å². The fourth-order valence-corrected chi connectivity index (χ4v) is 4.78. The first-order chi connectivity index (χ1) is 16.0. The first-order valence-corrected chi connectivity index (χ1v) is 12.5. The molecule has 1 aliphatic heterocycles. The van der Waals surface area contributed by atoms with Gasteiger partial charge in [0, 0.05) is 41.3 Å². The summed E-state index contributed by atoms with van der Waals surface area (Å²) in [6, 6.07) is 7.57. The van der Waals surface area contributed by atoms with Crippen molar-refractivity contribution in [2.45, 2.75) is 43.5 Å². The van der Waals surface area contributed by atoms with Crippen LogP contribution in [0.25, 0.3) is 22.2 Å². The number of aromatic nitrogens is 5. The van der Waals surface area contributed by atoms with E-state index >= 15 is 0 Å². The lowest BCUT2D eigenvalue weighted by molar-refractivity contribution is 0.373. The van der Waals surface area contributed by atoms with Crippen LogP contribution in [0.5, 0.6) is 0 Å². The largest absolute Gasteiger partial charge is 0.341 e. The second-order valence-electron chi connectivity index (χ2n) is 8.76. The van der Waals surface area contributed by atoms with E-state index in [0.29, 0.717) is 16.9 Å². The second kappa shape index (κ2) is 9.09. The van der Waals surface area contributed by atoms with E-state index < -0.39 is 0 Å². The standard InChI is InChI=1S/C25H27FN6S/c1-16(2)19-12-28-25(29-13-19)31-8-6-20(7-9-31)32-23-15-27-22(11-18(23)14-30-32)17-4-5-24(33-3)21(26)10-17/h4-5,10-16,20H,6-9H2,1-3H3. The van der Waals surface area contributed by atoms with Crippen LogP contribution in [0.3, 0.4) is 0 Å². The zero-order chi connectivity index (χ0) is 22.9. The highest BCUT2D eigenvalue weighted by atomic mass is 32.2. The highest BCUT2D eigenvalue weighted by molar-refractivity contribution is 7.98. The monoisotopic (exact) mass is 462 g/mol. The van der Waals surface area contributed by atoms with Crippen molar-refractivity contribution >= 4 is 28.6 Å². The highest BCUT2D eigenvalue weighted by Gasteiger charge is 2.24. The third kappa shape index (κ3) is 4.31. The van der Waals surface area contributed by atoms with Crippen LogP contribution in [-0.2, 0) is 0 Å². The van der Waals surface area contributed by atoms with Gasteiger partial charge >= 0.3 is 0 Å². The Balaban J connectivity index is 1.31. The number of rotatable bonds is 5. The summed E-state index contributed by atoms with van der Waals surface area (Å²) in [6.07, 6.45) is 11.4. The number of benzene rings is 1. The molecule has 0 unspecified atom stereocenters. The number of halogens is 1. The van der Waals surface area contributed by atoms with Gasteiger partial charge < -0.3 is 4.90 Å². The van der Waals surface area contributed by atoms with E-state index in [1.54, 1.807) is 12.1 Å². The van der Waals surface area contributed by atoms with Crippen LogP contribution in [0.4, 0.5) is 10.3 Å². The molecule has 0 spiro atoms. The Morgan fingerprint density at radius 1 is 1.00 bits per heavy atom. The quantitative estimate of drug-likeness (QED) is 0.354. The van der Waals surface area contributed by atoms with Crippen molar-refractivity contribution in [3.63, 3.8) is 0 Å². The third-order valence-electron chi connectivity index (χ3n) is 6.35. The number of pyridine rings is 1. The fraction of sp³-hybridized carbons (Fsp3) is 0.360. The molecule has 4 heterocycles. The summed E-state index contributed by atoms with van der Waals surface area (Å²) in [5.74, 6) is 1.02. The maximum Gasteiger partial charge on any atom is 0.225 e. The summed E-state index contributed by atoms with van der Waals surface area (Å²) < 4.78 is 16.3. The molecular weight excluding hydrogens is 435 g/mol. The summed E-state index contributed by atoms with van der Waals surface area (Å²) in [6.45, 7) is 6.07. The molecule has 0 aliphatic carbocycles. The molecule has 3 aromatic heterocycles. The average Bonchev–Trinajstić information content (AvgIpc) is 3.27. The van der Waals surface area contributed by atoms with Gasteiger partial charge in [-0.1, -0.05) is 19.9 Å². The molecule has 0 N–H and O–H groups in total. The zero-order valence-corrected chi connectivity index (χ0v) is 19.9. The van der Waals surface area contributed by atoms with Crippen molar-refractivity contribution in [1.29, 1.82) is 0 Å². The molecular formula is C25H27FN6S. The van der Waals surface area contributed by atoms with E-state index in [4.69, 9.17) is 0 Å². The lowest BCUT2D eigenvalue weighted by Gasteiger charge is -2.32. The summed E-state index contributed by atoms with van der Waals surface area (Å²) >= 11 is 1.40. The maximum atomic E-state index is 14.2.